The van der Waals surface area contributed by atoms with E-state index in [0.717, 1.165) is 32.7 Å². The van der Waals surface area contributed by atoms with Crippen LogP contribution in [0.25, 0.3) is 32.9 Å². The van der Waals surface area contributed by atoms with Gasteiger partial charge in [0.2, 0.25) is 11.8 Å². The van der Waals surface area contributed by atoms with Gasteiger partial charge in [-0.2, -0.15) is 0 Å². The van der Waals surface area contributed by atoms with Crippen LogP contribution in [0.15, 0.2) is 95.7 Å². The van der Waals surface area contributed by atoms with Crippen molar-refractivity contribution in [3.05, 3.63) is 107 Å². The van der Waals surface area contributed by atoms with Gasteiger partial charge >= 0.3 is 0 Å². The van der Waals surface area contributed by atoms with Gasteiger partial charge in [-0.15, -0.1) is 22.7 Å². The fourth-order valence-corrected chi connectivity index (χ4v) is 5.90. The van der Waals surface area contributed by atoms with E-state index in [1.54, 1.807) is 0 Å². The molecular formula is C30H22N4O2S2. The van der Waals surface area contributed by atoms with Gasteiger partial charge in [-0.1, -0.05) is 84.9 Å². The third-order valence-corrected chi connectivity index (χ3v) is 7.74. The van der Waals surface area contributed by atoms with E-state index in [0.29, 0.717) is 21.7 Å². The number of fused-ring (bicyclic) bond motifs is 2. The molecule has 186 valence electrons. The monoisotopic (exact) mass is 534 g/mol. The van der Waals surface area contributed by atoms with Gasteiger partial charge in [0, 0.05) is 10.8 Å². The molecule has 6 aromatic rings. The molecule has 38 heavy (non-hydrogen) atoms. The Hall–Kier alpha value is -4.40. The summed E-state index contributed by atoms with van der Waals surface area (Å²) in [6, 6.07) is 28.0. The van der Waals surface area contributed by atoms with E-state index in [2.05, 4.69) is 20.6 Å². The number of anilines is 2. The molecule has 0 radical (unpaired) electrons. The lowest BCUT2D eigenvalue weighted by Gasteiger charge is -2.06. The molecule has 0 aliphatic heterocycles. The predicted molar refractivity (Wildman–Crippen MR) is 156 cm³/mol. The highest BCUT2D eigenvalue weighted by Gasteiger charge is 2.14. The fourth-order valence-electron chi connectivity index (χ4n) is 4.46. The Morgan fingerprint density at radius 3 is 1.47 bits per heavy atom. The molecule has 2 heterocycles. The van der Waals surface area contributed by atoms with Gasteiger partial charge in [0.1, 0.15) is 11.4 Å². The van der Waals surface area contributed by atoms with Crippen molar-refractivity contribution >= 4 is 66.3 Å². The second kappa shape index (κ2) is 10.5. The summed E-state index contributed by atoms with van der Waals surface area (Å²) in [5, 5.41) is 14.9. The van der Waals surface area contributed by atoms with E-state index in [9.17, 15) is 9.59 Å². The minimum Gasteiger partial charge on any atom is -0.302 e. The summed E-state index contributed by atoms with van der Waals surface area (Å²) < 4.78 is 0. The topological polar surface area (TPSA) is 84.0 Å². The summed E-state index contributed by atoms with van der Waals surface area (Å²) in [5.41, 5.74) is 3.25. The van der Waals surface area contributed by atoms with E-state index >= 15 is 0 Å². The quantitative estimate of drug-likeness (QED) is 0.232. The number of benzene rings is 4. The lowest BCUT2D eigenvalue weighted by molar-refractivity contribution is -0.116. The molecule has 0 unspecified atom stereocenters. The molecule has 2 amide bonds. The Kier molecular flexibility index (Phi) is 6.64. The zero-order valence-electron chi connectivity index (χ0n) is 20.2. The Morgan fingerprint density at radius 2 is 1.00 bits per heavy atom. The van der Waals surface area contributed by atoms with Crippen molar-refractivity contribution in [1.82, 2.24) is 9.97 Å². The zero-order valence-corrected chi connectivity index (χ0v) is 21.8. The molecule has 0 saturated carbocycles. The van der Waals surface area contributed by atoms with Crippen molar-refractivity contribution in [1.29, 1.82) is 0 Å². The normalized spacial score (nSPS) is 11.1. The smallest absolute Gasteiger partial charge is 0.230 e. The third kappa shape index (κ3) is 5.18. The van der Waals surface area contributed by atoms with Crippen molar-refractivity contribution in [3.63, 3.8) is 0 Å². The number of carbonyl (C=O) groups is 2. The maximum absolute atomic E-state index is 12.7. The van der Waals surface area contributed by atoms with E-state index in [4.69, 9.17) is 0 Å². The first-order chi connectivity index (χ1) is 18.6. The highest BCUT2D eigenvalue weighted by atomic mass is 32.1. The summed E-state index contributed by atoms with van der Waals surface area (Å²) in [4.78, 5) is 34.5. The largest absolute Gasteiger partial charge is 0.302 e. The number of hydrogen-bond acceptors (Lipinski definition) is 6. The molecule has 0 spiro atoms. The summed E-state index contributed by atoms with van der Waals surface area (Å²) in [7, 11) is 0. The predicted octanol–water partition coefficient (Wildman–Crippen LogP) is 6.94. The standard InChI is InChI=1S/C30H22N4O2S2/c35-27(15-21-11-5-9-19-7-1-3-13-23(19)21)33-29-31-25(17-37-29)26-18-38-30(32-26)34-28(36)16-22-12-6-10-20-8-2-4-14-24(20)22/h1-14,17-18H,15-16H2,(H,31,33,35)(H,32,34,36). The average molecular weight is 535 g/mol. The van der Waals surface area contributed by atoms with Crippen LogP contribution >= 0.6 is 22.7 Å². The van der Waals surface area contributed by atoms with Crippen LogP contribution in [0.2, 0.25) is 0 Å². The summed E-state index contributed by atoms with van der Waals surface area (Å²) in [6.07, 6.45) is 0.527. The second-order valence-corrected chi connectivity index (χ2v) is 10.5. The third-order valence-electron chi connectivity index (χ3n) is 6.23. The van der Waals surface area contributed by atoms with Gasteiger partial charge in [0.15, 0.2) is 10.3 Å². The molecule has 0 saturated heterocycles. The lowest BCUT2D eigenvalue weighted by Crippen LogP contribution is -2.14. The average Bonchev–Trinajstić information content (AvgIpc) is 3.59. The first-order valence-electron chi connectivity index (χ1n) is 12.1. The maximum atomic E-state index is 12.7. The summed E-state index contributed by atoms with van der Waals surface area (Å²) in [6.45, 7) is 0. The molecule has 0 bridgehead atoms. The number of aromatic nitrogens is 2. The molecule has 8 heteroatoms. The Labute approximate surface area is 227 Å². The molecule has 2 aromatic heterocycles. The molecule has 0 aliphatic rings. The molecule has 0 aliphatic carbocycles. The number of amides is 2. The molecule has 2 N–H and O–H groups in total. The number of nitrogens with one attached hydrogen (secondary N) is 2. The van der Waals surface area contributed by atoms with Gasteiger partial charge in [0.25, 0.3) is 0 Å². The van der Waals surface area contributed by atoms with Crippen LogP contribution in [-0.2, 0) is 22.4 Å². The fraction of sp³-hybridized carbons (Fsp3) is 0.0667. The molecule has 0 fully saturated rings. The van der Waals surface area contributed by atoms with Gasteiger partial charge in [-0.3, -0.25) is 9.59 Å². The van der Waals surface area contributed by atoms with E-state index in [1.165, 1.54) is 22.7 Å². The number of carbonyl (C=O) groups excluding carboxylic acids is 2. The Bertz CT molecular complexity index is 1650. The summed E-state index contributed by atoms with van der Waals surface area (Å²) >= 11 is 2.69. The van der Waals surface area contributed by atoms with Crippen LogP contribution in [0, 0.1) is 0 Å². The SMILES string of the molecule is O=C(Cc1cccc2ccccc12)Nc1nc(-c2csc(NC(=O)Cc3cccc4ccccc34)n2)cs1. The highest BCUT2D eigenvalue weighted by molar-refractivity contribution is 7.15. The summed E-state index contributed by atoms with van der Waals surface area (Å²) in [5.74, 6) is -0.246. The van der Waals surface area contributed by atoms with Crippen molar-refractivity contribution in [2.24, 2.45) is 0 Å². The first kappa shape index (κ1) is 24.0. The zero-order chi connectivity index (χ0) is 25.9. The molecule has 0 atom stereocenters. The van der Waals surface area contributed by atoms with E-state index in [1.807, 2.05) is 95.7 Å². The Balaban J connectivity index is 1.09. The first-order valence-corrected chi connectivity index (χ1v) is 13.8. The van der Waals surface area contributed by atoms with E-state index in [-0.39, 0.29) is 24.7 Å². The van der Waals surface area contributed by atoms with Crippen molar-refractivity contribution in [2.75, 3.05) is 10.6 Å². The van der Waals surface area contributed by atoms with Crippen LogP contribution in [0.4, 0.5) is 10.3 Å². The van der Waals surface area contributed by atoms with E-state index < -0.39 is 0 Å². The lowest BCUT2D eigenvalue weighted by atomic mass is 10.0. The minimum atomic E-state index is -0.123. The van der Waals surface area contributed by atoms with Crippen LogP contribution in [0.3, 0.4) is 0 Å². The molecule has 6 rings (SSSR count). The highest BCUT2D eigenvalue weighted by Crippen LogP contribution is 2.29. The van der Waals surface area contributed by atoms with Crippen molar-refractivity contribution in [3.8, 4) is 11.4 Å². The van der Waals surface area contributed by atoms with Crippen LogP contribution in [0.5, 0.6) is 0 Å². The number of rotatable bonds is 7. The molecule has 6 nitrogen and oxygen atoms in total. The molecular weight excluding hydrogens is 512 g/mol. The Morgan fingerprint density at radius 1 is 0.579 bits per heavy atom. The number of thiazole rings is 2. The maximum Gasteiger partial charge on any atom is 0.230 e. The van der Waals surface area contributed by atoms with Crippen molar-refractivity contribution < 1.29 is 9.59 Å². The van der Waals surface area contributed by atoms with Gasteiger partial charge < -0.3 is 10.6 Å². The van der Waals surface area contributed by atoms with Crippen molar-refractivity contribution in [2.45, 2.75) is 12.8 Å². The van der Waals surface area contributed by atoms with Gasteiger partial charge in [-0.25, -0.2) is 9.97 Å². The van der Waals surface area contributed by atoms with Gasteiger partial charge in [0.05, 0.1) is 12.8 Å². The molecule has 4 aromatic carbocycles. The number of nitrogens with zero attached hydrogens (tertiary/aromatic N) is 2. The second-order valence-electron chi connectivity index (χ2n) is 8.80. The van der Waals surface area contributed by atoms with Crippen LogP contribution < -0.4 is 10.6 Å². The number of hydrogen-bond donors (Lipinski definition) is 2. The van der Waals surface area contributed by atoms with Gasteiger partial charge in [-0.05, 0) is 32.7 Å². The minimum absolute atomic E-state index is 0.123. The van der Waals surface area contributed by atoms with Crippen LogP contribution in [0.1, 0.15) is 11.1 Å². The van der Waals surface area contributed by atoms with Crippen LogP contribution in [-0.4, -0.2) is 21.8 Å².